The number of carboxylic acids is 1. The van der Waals surface area contributed by atoms with Gasteiger partial charge in [-0.1, -0.05) is 36.4 Å². The minimum absolute atomic E-state index is 0.183. The van der Waals surface area contributed by atoms with Gasteiger partial charge in [-0.25, -0.2) is 4.79 Å². The molecule has 4 nitrogen and oxygen atoms in total. The minimum atomic E-state index is -0.970. The van der Waals surface area contributed by atoms with Crippen molar-refractivity contribution in [3.63, 3.8) is 0 Å². The number of phenolic OH excluding ortho intramolecular Hbond substituents is 1. The van der Waals surface area contributed by atoms with E-state index in [-0.39, 0.29) is 17.2 Å². The summed E-state index contributed by atoms with van der Waals surface area (Å²) in [5.74, 6) is -0.974. The molecule has 1 heterocycles. The van der Waals surface area contributed by atoms with Crippen molar-refractivity contribution in [3.05, 3.63) is 77.1 Å². The van der Waals surface area contributed by atoms with E-state index >= 15 is 0 Å². The van der Waals surface area contributed by atoms with Crippen molar-refractivity contribution in [3.8, 4) is 5.75 Å². The zero-order chi connectivity index (χ0) is 16.6. The van der Waals surface area contributed by atoms with E-state index in [0.717, 1.165) is 11.1 Å². The van der Waals surface area contributed by atoms with E-state index in [4.69, 9.17) is 0 Å². The Labute approximate surface area is 134 Å². The lowest BCUT2D eigenvalue weighted by Crippen LogP contribution is -2.14. The molecule has 1 unspecified atom stereocenters. The first-order chi connectivity index (χ1) is 11.0. The van der Waals surface area contributed by atoms with Gasteiger partial charge in [-0.05, 0) is 30.7 Å². The van der Waals surface area contributed by atoms with Crippen LogP contribution in [0.1, 0.15) is 24.8 Å². The van der Waals surface area contributed by atoms with Crippen LogP contribution < -0.4 is 0 Å². The number of fused-ring (bicyclic) bond motifs is 1. The number of carbonyl (C=O) groups is 1. The highest BCUT2D eigenvalue weighted by Gasteiger charge is 2.34. The molecular weight excluding hydrogens is 290 g/mol. The van der Waals surface area contributed by atoms with Crippen molar-refractivity contribution in [1.29, 1.82) is 0 Å². The number of aromatic hydroxyl groups is 1. The van der Waals surface area contributed by atoms with Gasteiger partial charge in [-0.3, -0.25) is 4.99 Å². The second kappa shape index (κ2) is 5.72. The molecular formula is C19H17NO3. The number of hydrogen-bond acceptors (Lipinski definition) is 3. The largest absolute Gasteiger partial charge is 0.508 e. The van der Waals surface area contributed by atoms with Crippen LogP contribution in [0.25, 0.3) is 0 Å². The fourth-order valence-corrected chi connectivity index (χ4v) is 2.95. The van der Waals surface area contributed by atoms with Crippen LogP contribution in [-0.4, -0.2) is 21.9 Å². The summed E-state index contributed by atoms with van der Waals surface area (Å²) in [5.41, 5.74) is 4.02. The highest BCUT2D eigenvalue weighted by atomic mass is 16.4. The average molecular weight is 307 g/mol. The van der Waals surface area contributed by atoms with Crippen molar-refractivity contribution in [2.45, 2.75) is 19.3 Å². The van der Waals surface area contributed by atoms with Crippen molar-refractivity contribution in [2.24, 2.45) is 4.99 Å². The monoisotopic (exact) mass is 307 g/mol. The third kappa shape index (κ3) is 2.75. The summed E-state index contributed by atoms with van der Waals surface area (Å²) in [5, 5.41) is 19.1. The Morgan fingerprint density at radius 2 is 2.00 bits per heavy atom. The average Bonchev–Trinajstić information content (AvgIpc) is 2.85. The summed E-state index contributed by atoms with van der Waals surface area (Å²) in [6.07, 6.45) is 6.13. The van der Waals surface area contributed by atoms with Crippen molar-refractivity contribution in [1.82, 2.24) is 0 Å². The lowest BCUT2D eigenvalue weighted by atomic mass is 9.83. The molecule has 1 aromatic carbocycles. The molecule has 0 fully saturated rings. The topological polar surface area (TPSA) is 69.9 Å². The van der Waals surface area contributed by atoms with E-state index in [1.807, 2.05) is 25.2 Å². The van der Waals surface area contributed by atoms with E-state index < -0.39 is 5.97 Å². The zero-order valence-electron chi connectivity index (χ0n) is 12.8. The van der Waals surface area contributed by atoms with Gasteiger partial charge < -0.3 is 10.2 Å². The maximum Gasteiger partial charge on any atom is 0.337 e. The molecule has 116 valence electrons. The summed E-state index contributed by atoms with van der Waals surface area (Å²) in [7, 11) is 0. The van der Waals surface area contributed by atoms with Gasteiger partial charge in [-0.15, -0.1) is 0 Å². The van der Waals surface area contributed by atoms with E-state index in [0.29, 0.717) is 23.4 Å². The van der Waals surface area contributed by atoms with Crippen molar-refractivity contribution >= 4 is 11.7 Å². The summed E-state index contributed by atoms with van der Waals surface area (Å²) >= 11 is 0. The highest BCUT2D eigenvalue weighted by Crippen LogP contribution is 2.41. The molecule has 4 heteroatoms. The maximum atomic E-state index is 11.8. The van der Waals surface area contributed by atoms with Crippen molar-refractivity contribution in [2.75, 3.05) is 0 Å². The lowest BCUT2D eigenvalue weighted by molar-refractivity contribution is -0.132. The lowest BCUT2D eigenvalue weighted by Gasteiger charge is -2.19. The number of benzene rings is 1. The van der Waals surface area contributed by atoms with Gasteiger partial charge in [0.15, 0.2) is 0 Å². The second-order valence-electron chi connectivity index (χ2n) is 5.79. The Morgan fingerprint density at radius 1 is 1.30 bits per heavy atom. The predicted octanol–water partition coefficient (Wildman–Crippen LogP) is 3.73. The Balaban J connectivity index is 2.11. The smallest absolute Gasteiger partial charge is 0.337 e. The molecule has 1 aromatic rings. The zero-order valence-corrected chi connectivity index (χ0v) is 12.8. The SMILES string of the molecule is C=C(C)CC1=NC2=CC=CC(c3ccc(O)cc3)C2=C1C(=O)O. The number of carboxylic acid groups (broad SMARTS) is 1. The molecule has 2 aliphatic rings. The standard InChI is InChI=1S/C19H17NO3/c1-11(2)10-16-18(19(22)23)17-14(4-3-5-15(17)20-16)12-6-8-13(21)9-7-12/h3-9,14,21H,1,10H2,2H3,(H,22,23). The molecule has 2 N–H and O–H groups in total. The fourth-order valence-electron chi connectivity index (χ4n) is 2.95. The number of aliphatic carboxylic acids is 1. The predicted molar refractivity (Wildman–Crippen MR) is 89.6 cm³/mol. The van der Waals surface area contributed by atoms with Crippen LogP contribution in [0.4, 0.5) is 0 Å². The number of allylic oxidation sites excluding steroid dienone is 5. The maximum absolute atomic E-state index is 11.8. The molecule has 1 atom stereocenters. The van der Waals surface area contributed by atoms with Gasteiger partial charge in [0.1, 0.15) is 5.75 Å². The molecule has 0 spiro atoms. The van der Waals surface area contributed by atoms with Crippen LogP contribution in [0.15, 0.2) is 76.5 Å². The number of nitrogens with zero attached hydrogens (tertiary/aromatic N) is 1. The highest BCUT2D eigenvalue weighted by molar-refractivity contribution is 6.23. The Kier molecular flexibility index (Phi) is 3.74. The molecule has 0 saturated carbocycles. The van der Waals surface area contributed by atoms with E-state index in [9.17, 15) is 15.0 Å². The van der Waals surface area contributed by atoms with Gasteiger partial charge in [0, 0.05) is 17.9 Å². The molecule has 3 rings (SSSR count). The minimum Gasteiger partial charge on any atom is -0.508 e. The summed E-state index contributed by atoms with van der Waals surface area (Å²) in [4.78, 5) is 16.3. The Hall–Kier alpha value is -2.88. The van der Waals surface area contributed by atoms with Crippen LogP contribution in [-0.2, 0) is 4.79 Å². The molecule has 0 amide bonds. The van der Waals surface area contributed by atoms with Crippen LogP contribution in [0.3, 0.4) is 0 Å². The summed E-state index contributed by atoms with van der Waals surface area (Å²) in [6, 6.07) is 6.81. The van der Waals surface area contributed by atoms with Crippen molar-refractivity contribution < 1.29 is 15.0 Å². The molecule has 0 aromatic heterocycles. The second-order valence-corrected chi connectivity index (χ2v) is 5.79. The van der Waals surface area contributed by atoms with Gasteiger partial charge >= 0.3 is 5.97 Å². The third-order valence-corrected chi connectivity index (χ3v) is 3.89. The molecule has 1 aliphatic heterocycles. The number of phenols is 1. The number of aliphatic imine (C=N–C) groups is 1. The normalized spacial score (nSPS) is 19.3. The van der Waals surface area contributed by atoms with Crippen LogP contribution in [0.5, 0.6) is 5.75 Å². The first-order valence-electron chi connectivity index (χ1n) is 7.35. The number of rotatable bonds is 4. The summed E-state index contributed by atoms with van der Waals surface area (Å²) < 4.78 is 0. The molecule has 0 saturated heterocycles. The van der Waals surface area contributed by atoms with Crippen LogP contribution >= 0.6 is 0 Å². The first-order valence-corrected chi connectivity index (χ1v) is 7.35. The third-order valence-electron chi connectivity index (χ3n) is 3.89. The molecule has 0 bridgehead atoms. The fraction of sp³-hybridized carbons (Fsp3) is 0.158. The van der Waals surface area contributed by atoms with E-state index in [1.165, 1.54) is 0 Å². The molecule has 1 aliphatic carbocycles. The molecule has 0 radical (unpaired) electrons. The van der Waals surface area contributed by atoms with E-state index in [2.05, 4.69) is 11.6 Å². The molecule has 23 heavy (non-hydrogen) atoms. The quantitative estimate of drug-likeness (QED) is 0.833. The van der Waals surface area contributed by atoms with Gasteiger partial charge in [0.25, 0.3) is 0 Å². The number of hydrogen-bond donors (Lipinski definition) is 2. The Bertz CT molecular complexity index is 808. The van der Waals surface area contributed by atoms with Gasteiger partial charge in [0.05, 0.1) is 17.0 Å². The van der Waals surface area contributed by atoms with Crippen LogP contribution in [0, 0.1) is 0 Å². The Morgan fingerprint density at radius 3 is 2.61 bits per heavy atom. The van der Waals surface area contributed by atoms with Crippen LogP contribution in [0.2, 0.25) is 0 Å². The summed E-state index contributed by atoms with van der Waals surface area (Å²) in [6.45, 7) is 5.72. The van der Waals surface area contributed by atoms with E-state index in [1.54, 1.807) is 24.3 Å². The first kappa shape index (κ1) is 15.0. The van der Waals surface area contributed by atoms with Gasteiger partial charge in [-0.2, -0.15) is 0 Å². The van der Waals surface area contributed by atoms with Gasteiger partial charge in [0.2, 0.25) is 0 Å².